The zero-order valence-corrected chi connectivity index (χ0v) is 12.7. The van der Waals surface area contributed by atoms with Crippen LogP contribution in [0.25, 0.3) is 10.8 Å². The van der Waals surface area contributed by atoms with Crippen molar-refractivity contribution in [2.45, 2.75) is 0 Å². The molecule has 0 fully saturated rings. The Morgan fingerprint density at radius 1 is 0.762 bits per heavy atom. The molecule has 0 atom stereocenters. The summed E-state index contributed by atoms with van der Waals surface area (Å²) in [5, 5.41) is 9.95. The topological polar surface area (TPSA) is 24.1 Å². The van der Waals surface area contributed by atoms with E-state index in [0.717, 1.165) is 11.4 Å². The van der Waals surface area contributed by atoms with Crippen molar-refractivity contribution in [1.29, 1.82) is 0 Å². The molecule has 0 spiro atoms. The summed E-state index contributed by atoms with van der Waals surface area (Å²) in [6, 6.07) is 21.8. The first-order valence-corrected chi connectivity index (χ1v) is 7.32. The third-order valence-corrected chi connectivity index (χ3v) is 3.57. The first-order chi connectivity index (χ1) is 10.2. The zero-order chi connectivity index (χ0) is 14.7. The van der Waals surface area contributed by atoms with Crippen molar-refractivity contribution in [2.75, 3.05) is 10.6 Å². The normalized spacial score (nSPS) is 10.3. The van der Waals surface area contributed by atoms with Gasteiger partial charge in [0.25, 0.3) is 0 Å². The van der Waals surface area contributed by atoms with Crippen LogP contribution in [-0.4, -0.2) is 5.11 Å². The summed E-state index contributed by atoms with van der Waals surface area (Å²) in [7, 11) is 0. The Hall–Kier alpha value is -2.10. The molecular weight excluding hydrogens is 300 g/mol. The van der Waals surface area contributed by atoms with Gasteiger partial charge in [0.1, 0.15) is 0 Å². The summed E-state index contributed by atoms with van der Waals surface area (Å²) in [5.41, 5.74) is 1.86. The number of anilines is 2. The molecule has 4 heteroatoms. The molecule has 21 heavy (non-hydrogen) atoms. The molecule has 0 heterocycles. The first kappa shape index (κ1) is 13.9. The van der Waals surface area contributed by atoms with Crippen molar-refractivity contribution in [3.63, 3.8) is 0 Å². The Morgan fingerprint density at radius 2 is 1.38 bits per heavy atom. The van der Waals surface area contributed by atoms with Crippen LogP contribution in [0.4, 0.5) is 11.4 Å². The largest absolute Gasteiger partial charge is 0.332 e. The van der Waals surface area contributed by atoms with Crippen molar-refractivity contribution in [1.82, 2.24) is 0 Å². The number of benzene rings is 3. The number of hydrogen-bond acceptors (Lipinski definition) is 1. The molecule has 104 valence electrons. The van der Waals surface area contributed by atoms with E-state index in [2.05, 4.69) is 34.9 Å². The highest BCUT2D eigenvalue weighted by Gasteiger charge is 2.00. The molecule has 3 aromatic rings. The van der Waals surface area contributed by atoms with Gasteiger partial charge in [0, 0.05) is 16.4 Å². The first-order valence-electron chi connectivity index (χ1n) is 6.53. The zero-order valence-electron chi connectivity index (χ0n) is 11.1. The van der Waals surface area contributed by atoms with Gasteiger partial charge in [-0.2, -0.15) is 0 Å². The Kier molecular flexibility index (Phi) is 4.04. The van der Waals surface area contributed by atoms with E-state index in [4.69, 9.17) is 23.8 Å². The van der Waals surface area contributed by atoms with E-state index in [0.29, 0.717) is 10.1 Å². The van der Waals surface area contributed by atoms with Crippen LogP contribution in [0.3, 0.4) is 0 Å². The minimum Gasteiger partial charge on any atom is -0.332 e. The van der Waals surface area contributed by atoms with E-state index in [1.165, 1.54) is 10.8 Å². The highest BCUT2D eigenvalue weighted by atomic mass is 35.5. The molecular formula is C17H13ClN2S. The molecule has 0 aliphatic heterocycles. The molecule has 0 aromatic heterocycles. The van der Waals surface area contributed by atoms with E-state index >= 15 is 0 Å². The lowest BCUT2D eigenvalue weighted by atomic mass is 10.1. The fourth-order valence-corrected chi connectivity index (χ4v) is 2.46. The predicted octanol–water partition coefficient (Wildman–Crippen LogP) is 5.30. The Balaban J connectivity index is 1.72. The van der Waals surface area contributed by atoms with Crippen LogP contribution in [0.15, 0.2) is 66.7 Å². The van der Waals surface area contributed by atoms with Crippen molar-refractivity contribution >= 4 is 51.1 Å². The monoisotopic (exact) mass is 312 g/mol. The molecule has 3 rings (SSSR count). The van der Waals surface area contributed by atoms with Crippen molar-refractivity contribution < 1.29 is 0 Å². The number of nitrogens with one attached hydrogen (secondary N) is 2. The minimum absolute atomic E-state index is 0.549. The summed E-state index contributed by atoms with van der Waals surface area (Å²) in [6.45, 7) is 0. The number of halogens is 1. The van der Waals surface area contributed by atoms with Crippen LogP contribution < -0.4 is 10.6 Å². The molecule has 0 aliphatic carbocycles. The molecule has 2 nitrogen and oxygen atoms in total. The van der Waals surface area contributed by atoms with Gasteiger partial charge < -0.3 is 10.6 Å². The molecule has 3 aromatic carbocycles. The summed E-state index contributed by atoms with van der Waals surface area (Å²) < 4.78 is 0. The van der Waals surface area contributed by atoms with Gasteiger partial charge in [-0.25, -0.2) is 0 Å². The van der Waals surface area contributed by atoms with E-state index in [1.54, 1.807) is 0 Å². The maximum absolute atomic E-state index is 5.86. The second-order valence-corrected chi connectivity index (χ2v) is 5.49. The maximum Gasteiger partial charge on any atom is 0.175 e. The molecule has 0 bridgehead atoms. The predicted molar refractivity (Wildman–Crippen MR) is 95.2 cm³/mol. The third-order valence-electron chi connectivity index (χ3n) is 3.11. The number of thiocarbonyl (C=S) groups is 1. The molecule has 0 amide bonds. The fraction of sp³-hybridized carbons (Fsp3) is 0. The third kappa shape index (κ3) is 3.51. The van der Waals surface area contributed by atoms with E-state index in [-0.39, 0.29) is 0 Å². The summed E-state index contributed by atoms with van der Waals surface area (Å²) in [6.07, 6.45) is 0. The minimum atomic E-state index is 0.549. The Morgan fingerprint density at radius 3 is 2.14 bits per heavy atom. The molecule has 0 unspecified atom stereocenters. The van der Waals surface area contributed by atoms with Crippen LogP contribution in [0, 0.1) is 0 Å². The van der Waals surface area contributed by atoms with Crippen LogP contribution >= 0.6 is 23.8 Å². The second-order valence-electron chi connectivity index (χ2n) is 4.65. The van der Waals surface area contributed by atoms with Crippen LogP contribution in [0.5, 0.6) is 0 Å². The van der Waals surface area contributed by atoms with Crippen LogP contribution in [-0.2, 0) is 0 Å². The second kappa shape index (κ2) is 6.12. The maximum atomic E-state index is 5.86. The number of hydrogen-bond donors (Lipinski definition) is 2. The SMILES string of the molecule is S=C(Nc1ccc(Cl)cc1)Nc1ccc2ccccc2c1. The van der Waals surface area contributed by atoms with E-state index < -0.39 is 0 Å². The van der Waals surface area contributed by atoms with Gasteiger partial charge in [-0.1, -0.05) is 41.9 Å². The number of fused-ring (bicyclic) bond motifs is 1. The summed E-state index contributed by atoms with van der Waals surface area (Å²) in [5.74, 6) is 0. The summed E-state index contributed by atoms with van der Waals surface area (Å²) in [4.78, 5) is 0. The Labute approximate surface area is 133 Å². The highest BCUT2D eigenvalue weighted by molar-refractivity contribution is 7.80. The standard InChI is InChI=1S/C17H13ClN2S/c18-14-6-9-15(10-7-14)19-17(21)20-16-8-5-12-3-1-2-4-13(12)11-16/h1-11H,(H2,19,20,21). The van der Waals surface area contributed by atoms with Crippen molar-refractivity contribution in [3.05, 3.63) is 71.8 Å². The average molecular weight is 313 g/mol. The quantitative estimate of drug-likeness (QED) is 0.628. The van der Waals surface area contributed by atoms with E-state index in [9.17, 15) is 0 Å². The van der Waals surface area contributed by atoms with Gasteiger partial charge in [-0.15, -0.1) is 0 Å². The van der Waals surface area contributed by atoms with Gasteiger partial charge in [-0.05, 0) is 59.4 Å². The van der Waals surface area contributed by atoms with Gasteiger partial charge in [0.05, 0.1) is 0 Å². The molecule has 0 aliphatic rings. The number of rotatable bonds is 2. The molecule has 2 N–H and O–H groups in total. The van der Waals surface area contributed by atoms with Gasteiger partial charge >= 0.3 is 0 Å². The van der Waals surface area contributed by atoms with Crippen molar-refractivity contribution in [3.8, 4) is 0 Å². The fourth-order valence-electron chi connectivity index (χ4n) is 2.09. The molecule has 0 saturated heterocycles. The van der Waals surface area contributed by atoms with Gasteiger partial charge in [0.2, 0.25) is 0 Å². The highest BCUT2D eigenvalue weighted by Crippen LogP contribution is 2.19. The summed E-state index contributed by atoms with van der Waals surface area (Å²) >= 11 is 11.2. The van der Waals surface area contributed by atoms with E-state index in [1.807, 2.05) is 42.5 Å². The lowest BCUT2D eigenvalue weighted by molar-refractivity contribution is 1.61. The molecule has 0 saturated carbocycles. The average Bonchev–Trinajstić information content (AvgIpc) is 2.49. The van der Waals surface area contributed by atoms with Gasteiger partial charge in [0.15, 0.2) is 5.11 Å². The van der Waals surface area contributed by atoms with Crippen LogP contribution in [0.2, 0.25) is 5.02 Å². The molecule has 0 radical (unpaired) electrons. The lowest BCUT2D eigenvalue weighted by Gasteiger charge is -2.11. The lowest BCUT2D eigenvalue weighted by Crippen LogP contribution is -2.18. The van der Waals surface area contributed by atoms with Gasteiger partial charge in [-0.3, -0.25) is 0 Å². The van der Waals surface area contributed by atoms with Crippen LogP contribution in [0.1, 0.15) is 0 Å². The van der Waals surface area contributed by atoms with Crippen molar-refractivity contribution in [2.24, 2.45) is 0 Å². The Bertz CT molecular complexity index is 784. The smallest absolute Gasteiger partial charge is 0.175 e.